The zero-order valence-electron chi connectivity index (χ0n) is 15.9. The molecule has 1 aliphatic rings. The first kappa shape index (κ1) is 19.7. The van der Waals surface area contributed by atoms with E-state index in [-0.39, 0.29) is 11.9 Å². The third kappa shape index (κ3) is 5.45. The Kier molecular flexibility index (Phi) is 6.72. The summed E-state index contributed by atoms with van der Waals surface area (Å²) < 4.78 is 5.21. The Morgan fingerprint density at radius 3 is 2.52 bits per heavy atom. The molecule has 1 fully saturated rings. The average Bonchev–Trinajstić information content (AvgIpc) is 2.70. The molecule has 0 unspecified atom stereocenters. The molecular weight excluding hydrogens is 362 g/mol. The summed E-state index contributed by atoms with van der Waals surface area (Å²) in [5.74, 6) is 0.798. The summed E-state index contributed by atoms with van der Waals surface area (Å²) in [6, 6.07) is 15.5. The van der Waals surface area contributed by atoms with Crippen LogP contribution < -0.4 is 19.9 Å². The van der Waals surface area contributed by atoms with E-state index < -0.39 is 0 Å². The number of methoxy groups -OCH3 is 1. The first-order chi connectivity index (χ1) is 13.0. The molecule has 3 rings (SSSR count). The number of quaternary nitrogens is 2. The average molecular weight is 390 g/mol. The van der Waals surface area contributed by atoms with E-state index in [0.717, 1.165) is 49.2 Å². The van der Waals surface area contributed by atoms with Gasteiger partial charge in [0.2, 0.25) is 0 Å². The molecule has 27 heavy (non-hydrogen) atoms. The minimum Gasteiger partial charge on any atom is -0.497 e. The molecule has 0 saturated carbocycles. The Hall–Kier alpha value is -2.08. The van der Waals surface area contributed by atoms with Gasteiger partial charge in [-0.15, -0.1) is 0 Å². The largest absolute Gasteiger partial charge is 0.497 e. The number of ether oxygens (including phenoxy) is 1. The second kappa shape index (κ2) is 9.22. The van der Waals surface area contributed by atoms with Gasteiger partial charge in [-0.3, -0.25) is 4.79 Å². The Morgan fingerprint density at radius 2 is 1.85 bits per heavy atom. The van der Waals surface area contributed by atoms with Gasteiger partial charge in [0.15, 0.2) is 6.04 Å². The van der Waals surface area contributed by atoms with Crippen LogP contribution in [0.25, 0.3) is 0 Å². The van der Waals surface area contributed by atoms with Crippen molar-refractivity contribution >= 4 is 23.2 Å². The van der Waals surface area contributed by atoms with Crippen LogP contribution in [0.15, 0.2) is 48.5 Å². The molecule has 0 aliphatic carbocycles. The maximum Gasteiger partial charge on any atom is 0.282 e. The van der Waals surface area contributed by atoms with Crippen molar-refractivity contribution in [1.82, 2.24) is 0 Å². The standard InChI is InChI=1S/C21H26ClN3O2/c1-16(21(26)23-19-4-3-5-20(14-19)27-2)25-12-10-24(11-13-25)15-17-6-8-18(22)9-7-17/h3-9,14,16H,10-13,15H2,1-2H3,(H,23,26)/p+2/t16-/m0/s1. The van der Waals surface area contributed by atoms with Gasteiger partial charge in [0.1, 0.15) is 38.5 Å². The summed E-state index contributed by atoms with van der Waals surface area (Å²) in [6.45, 7) is 7.14. The summed E-state index contributed by atoms with van der Waals surface area (Å²) >= 11 is 5.96. The Bertz CT molecular complexity index is 758. The smallest absolute Gasteiger partial charge is 0.282 e. The zero-order valence-corrected chi connectivity index (χ0v) is 16.7. The van der Waals surface area contributed by atoms with E-state index in [1.54, 1.807) is 12.0 Å². The summed E-state index contributed by atoms with van der Waals surface area (Å²) in [5, 5.41) is 3.79. The summed E-state index contributed by atoms with van der Waals surface area (Å²) in [6.07, 6.45) is 0. The SMILES string of the molecule is COc1cccc(NC(=O)[C@H](C)[NH+]2CC[NH+](Cc3ccc(Cl)cc3)CC2)c1. The van der Waals surface area contributed by atoms with Crippen molar-refractivity contribution in [2.24, 2.45) is 0 Å². The molecule has 0 bridgehead atoms. The van der Waals surface area contributed by atoms with Crippen molar-refractivity contribution in [2.75, 3.05) is 38.6 Å². The highest BCUT2D eigenvalue weighted by atomic mass is 35.5. The molecule has 6 heteroatoms. The van der Waals surface area contributed by atoms with Crippen LogP contribution in [0, 0.1) is 0 Å². The predicted octanol–water partition coefficient (Wildman–Crippen LogP) is 0.659. The lowest BCUT2D eigenvalue weighted by Crippen LogP contribution is -3.29. The van der Waals surface area contributed by atoms with Gasteiger partial charge in [0.05, 0.1) is 7.11 Å². The number of hydrogen-bond acceptors (Lipinski definition) is 2. The molecule has 0 radical (unpaired) electrons. The van der Waals surface area contributed by atoms with Crippen LogP contribution in [0.5, 0.6) is 5.75 Å². The summed E-state index contributed by atoms with van der Waals surface area (Å²) in [4.78, 5) is 15.5. The van der Waals surface area contributed by atoms with Crippen molar-refractivity contribution < 1.29 is 19.3 Å². The minimum absolute atomic E-state index is 0.0550. The Balaban J connectivity index is 1.49. The molecule has 1 saturated heterocycles. The number of carbonyl (C=O) groups is 1. The van der Waals surface area contributed by atoms with Crippen molar-refractivity contribution in [2.45, 2.75) is 19.5 Å². The molecule has 1 amide bonds. The van der Waals surface area contributed by atoms with E-state index >= 15 is 0 Å². The first-order valence-electron chi connectivity index (χ1n) is 9.42. The number of anilines is 1. The number of amides is 1. The number of carbonyl (C=O) groups excluding carboxylic acids is 1. The van der Waals surface area contributed by atoms with E-state index in [1.165, 1.54) is 10.5 Å². The number of halogens is 1. The lowest BCUT2D eigenvalue weighted by Gasteiger charge is -2.32. The van der Waals surface area contributed by atoms with Gasteiger partial charge in [-0.2, -0.15) is 0 Å². The quantitative estimate of drug-likeness (QED) is 0.679. The topological polar surface area (TPSA) is 47.2 Å². The lowest BCUT2D eigenvalue weighted by molar-refractivity contribution is -1.02. The maximum absolute atomic E-state index is 12.6. The Labute approximate surface area is 165 Å². The maximum atomic E-state index is 12.6. The van der Waals surface area contributed by atoms with E-state index in [2.05, 4.69) is 17.4 Å². The van der Waals surface area contributed by atoms with Gasteiger partial charge in [-0.25, -0.2) is 0 Å². The molecule has 1 heterocycles. The van der Waals surface area contributed by atoms with E-state index in [9.17, 15) is 4.79 Å². The van der Waals surface area contributed by atoms with Gasteiger partial charge in [0.25, 0.3) is 5.91 Å². The van der Waals surface area contributed by atoms with Crippen molar-refractivity contribution in [3.8, 4) is 5.75 Å². The Morgan fingerprint density at radius 1 is 1.15 bits per heavy atom. The highest BCUT2D eigenvalue weighted by Crippen LogP contribution is 2.16. The molecule has 0 aromatic heterocycles. The molecule has 3 N–H and O–H groups in total. The fourth-order valence-electron chi connectivity index (χ4n) is 3.56. The van der Waals surface area contributed by atoms with Crippen LogP contribution in [-0.4, -0.2) is 45.2 Å². The van der Waals surface area contributed by atoms with Gasteiger partial charge >= 0.3 is 0 Å². The monoisotopic (exact) mass is 389 g/mol. The van der Waals surface area contributed by atoms with E-state index in [1.807, 2.05) is 43.3 Å². The molecule has 144 valence electrons. The lowest BCUT2D eigenvalue weighted by atomic mass is 10.1. The van der Waals surface area contributed by atoms with Crippen LogP contribution in [0.4, 0.5) is 5.69 Å². The molecule has 1 atom stereocenters. The summed E-state index contributed by atoms with van der Waals surface area (Å²) in [7, 11) is 1.62. The number of nitrogens with one attached hydrogen (secondary N) is 3. The highest BCUT2D eigenvalue weighted by molar-refractivity contribution is 6.30. The van der Waals surface area contributed by atoms with Crippen LogP contribution in [-0.2, 0) is 11.3 Å². The number of hydrogen-bond donors (Lipinski definition) is 3. The number of piperazine rings is 1. The van der Waals surface area contributed by atoms with Gasteiger partial charge in [-0.05, 0) is 31.2 Å². The molecule has 2 aromatic carbocycles. The van der Waals surface area contributed by atoms with Crippen LogP contribution in [0.3, 0.4) is 0 Å². The number of benzene rings is 2. The predicted molar refractivity (Wildman–Crippen MR) is 108 cm³/mol. The molecule has 1 aliphatic heterocycles. The molecule has 0 spiro atoms. The third-order valence-corrected chi connectivity index (χ3v) is 5.56. The van der Waals surface area contributed by atoms with Gasteiger partial charge < -0.3 is 19.9 Å². The molecular formula is C21H28ClN3O2+2. The highest BCUT2D eigenvalue weighted by Gasteiger charge is 2.31. The van der Waals surface area contributed by atoms with Crippen LogP contribution >= 0.6 is 11.6 Å². The van der Waals surface area contributed by atoms with E-state index in [0.29, 0.717) is 0 Å². The van der Waals surface area contributed by atoms with E-state index in [4.69, 9.17) is 16.3 Å². The molecule has 2 aromatic rings. The van der Waals surface area contributed by atoms with Crippen LogP contribution in [0.1, 0.15) is 12.5 Å². The van der Waals surface area contributed by atoms with Gasteiger partial charge in [-0.1, -0.05) is 29.8 Å². The molecule has 5 nitrogen and oxygen atoms in total. The summed E-state index contributed by atoms with van der Waals surface area (Å²) in [5.41, 5.74) is 2.08. The fourth-order valence-corrected chi connectivity index (χ4v) is 3.69. The minimum atomic E-state index is -0.0757. The number of rotatable bonds is 6. The van der Waals surface area contributed by atoms with Crippen molar-refractivity contribution in [1.29, 1.82) is 0 Å². The third-order valence-electron chi connectivity index (χ3n) is 5.31. The normalized spacial score (nSPS) is 20.7. The fraction of sp³-hybridized carbons (Fsp3) is 0.381. The zero-order chi connectivity index (χ0) is 19.2. The first-order valence-corrected chi connectivity index (χ1v) is 9.80. The van der Waals surface area contributed by atoms with Crippen LogP contribution in [0.2, 0.25) is 5.02 Å². The second-order valence-electron chi connectivity index (χ2n) is 7.15. The van der Waals surface area contributed by atoms with Crippen molar-refractivity contribution in [3.05, 3.63) is 59.1 Å². The van der Waals surface area contributed by atoms with Crippen molar-refractivity contribution in [3.63, 3.8) is 0 Å². The van der Waals surface area contributed by atoms with Gasteiger partial charge in [0, 0.05) is 22.3 Å². The second-order valence-corrected chi connectivity index (χ2v) is 7.59.